The number of hydrogen-bond acceptors (Lipinski definition) is 3. The summed E-state index contributed by atoms with van der Waals surface area (Å²) in [6.45, 7) is 9.11. The second-order valence-corrected chi connectivity index (χ2v) is 7.45. The van der Waals surface area contributed by atoms with E-state index in [1.54, 1.807) is 7.11 Å². The fourth-order valence-electron chi connectivity index (χ4n) is 3.51. The lowest BCUT2D eigenvalue weighted by Gasteiger charge is -2.34. The van der Waals surface area contributed by atoms with E-state index in [-0.39, 0.29) is 11.6 Å². The fraction of sp³-hybridized carbons (Fsp3) is 0.333. The van der Waals surface area contributed by atoms with E-state index in [9.17, 15) is 0 Å². The van der Waals surface area contributed by atoms with Gasteiger partial charge in [0.15, 0.2) is 0 Å². The van der Waals surface area contributed by atoms with Gasteiger partial charge in [-0.2, -0.15) is 0 Å². The second kappa shape index (κ2) is 8.01. The molecule has 0 radical (unpaired) electrons. The molecule has 1 aliphatic rings. The largest absolute Gasteiger partial charge is 0.496 e. The lowest BCUT2D eigenvalue weighted by molar-refractivity contribution is 0.129. The Kier molecular flexibility index (Phi) is 5.71. The van der Waals surface area contributed by atoms with Crippen LogP contribution in [0.1, 0.15) is 33.3 Å². The summed E-state index contributed by atoms with van der Waals surface area (Å²) >= 11 is 0. The van der Waals surface area contributed by atoms with Gasteiger partial charge in [0.05, 0.1) is 25.4 Å². The Balaban J connectivity index is 2.03. The Bertz CT molecular complexity index is 864. The summed E-state index contributed by atoms with van der Waals surface area (Å²) in [7, 11) is 1.71. The van der Waals surface area contributed by atoms with Gasteiger partial charge in [0, 0.05) is 16.8 Å². The average molecular weight is 364 g/mol. The van der Waals surface area contributed by atoms with E-state index in [2.05, 4.69) is 56.4 Å². The van der Waals surface area contributed by atoms with Crippen LogP contribution < -0.4 is 10.1 Å². The van der Waals surface area contributed by atoms with E-state index in [1.807, 2.05) is 37.3 Å². The monoisotopic (exact) mass is 363 g/mol. The second-order valence-electron chi connectivity index (χ2n) is 7.45. The number of methoxy groups -OCH3 is 1. The van der Waals surface area contributed by atoms with Gasteiger partial charge in [-0.15, -0.1) is 0 Å². The molecule has 0 saturated heterocycles. The fourth-order valence-corrected chi connectivity index (χ4v) is 3.51. The SMILES string of the molecule is CC=CCOC(C)C1=CC(C)(C)Nc2ccc(-c3ccccc3OC)cc21. The van der Waals surface area contributed by atoms with Crippen LogP contribution in [0.25, 0.3) is 16.7 Å². The summed E-state index contributed by atoms with van der Waals surface area (Å²) in [4.78, 5) is 0. The maximum absolute atomic E-state index is 6.05. The summed E-state index contributed by atoms with van der Waals surface area (Å²) in [5.74, 6) is 0.879. The number of nitrogens with one attached hydrogen (secondary N) is 1. The van der Waals surface area contributed by atoms with Gasteiger partial charge in [-0.25, -0.2) is 0 Å². The van der Waals surface area contributed by atoms with Crippen LogP contribution in [0.3, 0.4) is 0 Å². The van der Waals surface area contributed by atoms with Gasteiger partial charge >= 0.3 is 0 Å². The van der Waals surface area contributed by atoms with Gasteiger partial charge in [-0.3, -0.25) is 0 Å². The van der Waals surface area contributed by atoms with Crippen molar-refractivity contribution in [2.75, 3.05) is 19.0 Å². The van der Waals surface area contributed by atoms with E-state index in [0.717, 1.165) is 22.6 Å². The predicted octanol–water partition coefficient (Wildman–Crippen LogP) is 5.93. The van der Waals surface area contributed by atoms with Crippen molar-refractivity contribution in [1.82, 2.24) is 0 Å². The van der Waals surface area contributed by atoms with E-state index in [4.69, 9.17) is 9.47 Å². The van der Waals surface area contributed by atoms with Crippen LogP contribution in [0, 0.1) is 0 Å². The third-order valence-electron chi connectivity index (χ3n) is 4.84. The molecule has 0 aliphatic carbocycles. The smallest absolute Gasteiger partial charge is 0.126 e. The highest BCUT2D eigenvalue weighted by molar-refractivity contribution is 5.86. The molecule has 1 heterocycles. The summed E-state index contributed by atoms with van der Waals surface area (Å²) < 4.78 is 11.6. The van der Waals surface area contributed by atoms with Crippen molar-refractivity contribution in [1.29, 1.82) is 0 Å². The Morgan fingerprint density at radius 2 is 1.89 bits per heavy atom. The third kappa shape index (κ3) is 4.25. The van der Waals surface area contributed by atoms with Gasteiger partial charge in [0.2, 0.25) is 0 Å². The Morgan fingerprint density at radius 1 is 1.11 bits per heavy atom. The summed E-state index contributed by atoms with van der Waals surface area (Å²) in [6.07, 6.45) is 6.34. The standard InChI is InChI=1S/C24H29NO2/c1-6-7-14-27-17(2)21-16-24(3,4)25-22-13-12-18(15-20(21)22)19-10-8-9-11-23(19)26-5/h6-13,15-17,25H,14H2,1-5H3. The van der Waals surface area contributed by atoms with Crippen LogP contribution >= 0.6 is 0 Å². The maximum atomic E-state index is 6.05. The molecular formula is C24H29NO2. The van der Waals surface area contributed by atoms with E-state index in [0.29, 0.717) is 6.61 Å². The van der Waals surface area contributed by atoms with Crippen LogP contribution in [-0.2, 0) is 4.74 Å². The van der Waals surface area contributed by atoms with E-state index in [1.165, 1.54) is 11.1 Å². The van der Waals surface area contributed by atoms with Gasteiger partial charge in [-0.05, 0) is 57.0 Å². The molecule has 142 valence electrons. The Hall–Kier alpha value is -2.52. The number of hydrogen-bond donors (Lipinski definition) is 1. The summed E-state index contributed by atoms with van der Waals surface area (Å²) in [6, 6.07) is 14.7. The highest BCUT2D eigenvalue weighted by Crippen LogP contribution is 2.40. The molecule has 3 rings (SSSR count). The first-order chi connectivity index (χ1) is 12.9. The highest BCUT2D eigenvalue weighted by Gasteiger charge is 2.27. The molecule has 0 amide bonds. The van der Waals surface area contributed by atoms with E-state index >= 15 is 0 Å². The molecule has 3 heteroatoms. The van der Waals surface area contributed by atoms with Crippen molar-refractivity contribution >= 4 is 11.3 Å². The lowest BCUT2D eigenvalue weighted by Crippen LogP contribution is -2.33. The summed E-state index contributed by atoms with van der Waals surface area (Å²) in [5.41, 5.74) is 5.65. The van der Waals surface area contributed by atoms with Crippen LogP contribution in [0.4, 0.5) is 5.69 Å². The molecule has 0 aromatic heterocycles. The number of para-hydroxylation sites is 1. The minimum atomic E-state index is -0.119. The van der Waals surface area contributed by atoms with Gasteiger partial charge in [-0.1, -0.05) is 42.5 Å². The molecule has 0 spiro atoms. The first-order valence-corrected chi connectivity index (χ1v) is 9.46. The minimum absolute atomic E-state index is 0.00856. The summed E-state index contributed by atoms with van der Waals surface area (Å²) in [5, 5.41) is 3.62. The van der Waals surface area contributed by atoms with Crippen LogP contribution in [0.2, 0.25) is 0 Å². The molecular weight excluding hydrogens is 334 g/mol. The van der Waals surface area contributed by atoms with Crippen molar-refractivity contribution in [3.8, 4) is 16.9 Å². The zero-order valence-corrected chi connectivity index (χ0v) is 16.9. The van der Waals surface area contributed by atoms with Crippen molar-refractivity contribution in [3.05, 3.63) is 66.3 Å². The molecule has 1 atom stereocenters. The molecule has 0 fully saturated rings. The van der Waals surface area contributed by atoms with Crippen LogP contribution in [0.15, 0.2) is 60.7 Å². The van der Waals surface area contributed by atoms with Gasteiger partial charge in [0.25, 0.3) is 0 Å². The Morgan fingerprint density at radius 3 is 2.63 bits per heavy atom. The van der Waals surface area contributed by atoms with E-state index < -0.39 is 0 Å². The minimum Gasteiger partial charge on any atom is -0.496 e. The number of allylic oxidation sites excluding steroid dienone is 1. The molecule has 1 unspecified atom stereocenters. The van der Waals surface area contributed by atoms with Crippen molar-refractivity contribution in [2.24, 2.45) is 0 Å². The number of ether oxygens (including phenoxy) is 2. The molecule has 2 aromatic carbocycles. The molecule has 0 saturated carbocycles. The molecule has 27 heavy (non-hydrogen) atoms. The predicted molar refractivity (Wildman–Crippen MR) is 114 cm³/mol. The molecule has 3 nitrogen and oxygen atoms in total. The normalized spacial score (nSPS) is 16.4. The average Bonchev–Trinajstić information content (AvgIpc) is 2.66. The van der Waals surface area contributed by atoms with Crippen molar-refractivity contribution in [2.45, 2.75) is 39.3 Å². The first kappa shape index (κ1) is 19.2. The molecule has 2 aromatic rings. The number of benzene rings is 2. The first-order valence-electron chi connectivity index (χ1n) is 9.46. The number of rotatable bonds is 6. The van der Waals surface area contributed by atoms with Crippen molar-refractivity contribution in [3.63, 3.8) is 0 Å². The number of fused-ring (bicyclic) bond motifs is 1. The Labute approximate surface area is 162 Å². The van der Waals surface area contributed by atoms with Gasteiger partial charge in [0.1, 0.15) is 5.75 Å². The van der Waals surface area contributed by atoms with Crippen LogP contribution in [0.5, 0.6) is 5.75 Å². The molecule has 1 N–H and O–H groups in total. The lowest BCUT2D eigenvalue weighted by atomic mass is 9.86. The topological polar surface area (TPSA) is 30.5 Å². The zero-order valence-electron chi connectivity index (χ0n) is 16.9. The molecule has 1 aliphatic heterocycles. The quantitative estimate of drug-likeness (QED) is 0.645. The number of anilines is 1. The third-order valence-corrected chi connectivity index (χ3v) is 4.84. The highest BCUT2D eigenvalue weighted by atomic mass is 16.5. The van der Waals surface area contributed by atoms with Gasteiger partial charge < -0.3 is 14.8 Å². The maximum Gasteiger partial charge on any atom is 0.126 e. The van der Waals surface area contributed by atoms with Crippen LogP contribution in [-0.4, -0.2) is 25.4 Å². The van der Waals surface area contributed by atoms with Crippen molar-refractivity contribution < 1.29 is 9.47 Å². The zero-order chi connectivity index (χ0) is 19.4. The molecule has 0 bridgehead atoms.